The van der Waals surface area contributed by atoms with Crippen LogP contribution in [0.1, 0.15) is 19.4 Å². The molecule has 4 atom stereocenters. The highest BCUT2D eigenvalue weighted by atomic mass is 16.7. The van der Waals surface area contributed by atoms with Crippen LogP contribution in [0.4, 0.5) is 0 Å². The molecule has 1 aromatic carbocycles. The lowest BCUT2D eigenvalue weighted by Crippen LogP contribution is -2.42. The van der Waals surface area contributed by atoms with Crippen LogP contribution in [-0.4, -0.2) is 44.4 Å². The van der Waals surface area contributed by atoms with Gasteiger partial charge in [-0.15, -0.1) is 0 Å². The van der Waals surface area contributed by atoms with Crippen molar-refractivity contribution < 1.29 is 24.1 Å². The summed E-state index contributed by atoms with van der Waals surface area (Å²) in [5, 5.41) is 9.62. The molecule has 0 bridgehead atoms. The maximum Gasteiger partial charge on any atom is 0.169 e. The van der Waals surface area contributed by atoms with Gasteiger partial charge in [0.2, 0.25) is 0 Å². The lowest BCUT2D eigenvalue weighted by molar-refractivity contribution is -0.151. The summed E-state index contributed by atoms with van der Waals surface area (Å²) in [6.07, 6.45) is -1.27. The minimum Gasteiger partial charge on any atom is -0.497 e. The molecule has 1 fully saturated rings. The number of aliphatic hydroxyl groups excluding tert-OH is 1. The van der Waals surface area contributed by atoms with E-state index >= 15 is 0 Å². The SMILES string of the molecule is C=C(C)[C@]1(C)[C@@H](OC)O[C@H](CO)[C@@H]1OCc1ccc(OC)cc1. The molecule has 0 saturated carbocycles. The monoisotopic (exact) mass is 322 g/mol. The van der Waals surface area contributed by atoms with Crippen molar-refractivity contribution in [2.45, 2.75) is 39.0 Å². The van der Waals surface area contributed by atoms with Gasteiger partial charge in [0.15, 0.2) is 6.29 Å². The predicted octanol–water partition coefficient (Wildman–Crippen LogP) is 2.53. The summed E-state index contributed by atoms with van der Waals surface area (Å²) in [6, 6.07) is 7.69. The largest absolute Gasteiger partial charge is 0.497 e. The van der Waals surface area contributed by atoms with Crippen LogP contribution in [0.15, 0.2) is 36.4 Å². The molecule has 1 aliphatic rings. The maximum absolute atomic E-state index is 9.62. The summed E-state index contributed by atoms with van der Waals surface area (Å²) < 4.78 is 22.5. The first-order valence-corrected chi connectivity index (χ1v) is 7.67. The van der Waals surface area contributed by atoms with Gasteiger partial charge in [-0.3, -0.25) is 0 Å². The Hall–Kier alpha value is -1.40. The van der Waals surface area contributed by atoms with Gasteiger partial charge in [0.05, 0.1) is 25.7 Å². The summed E-state index contributed by atoms with van der Waals surface area (Å²) >= 11 is 0. The van der Waals surface area contributed by atoms with Crippen LogP contribution in [0.2, 0.25) is 0 Å². The zero-order chi connectivity index (χ0) is 17.0. The first-order chi connectivity index (χ1) is 11.0. The molecule has 0 unspecified atom stereocenters. The van der Waals surface area contributed by atoms with Crippen molar-refractivity contribution >= 4 is 0 Å². The van der Waals surface area contributed by atoms with E-state index in [-0.39, 0.29) is 12.7 Å². The van der Waals surface area contributed by atoms with Crippen LogP contribution >= 0.6 is 0 Å². The van der Waals surface area contributed by atoms with Gasteiger partial charge in [0, 0.05) is 7.11 Å². The Balaban J connectivity index is 2.15. The number of methoxy groups -OCH3 is 2. The highest BCUT2D eigenvalue weighted by Crippen LogP contribution is 2.46. The summed E-state index contributed by atoms with van der Waals surface area (Å²) in [7, 11) is 3.22. The minimum atomic E-state index is -0.519. The van der Waals surface area contributed by atoms with E-state index in [1.807, 2.05) is 38.1 Å². The van der Waals surface area contributed by atoms with Crippen molar-refractivity contribution in [2.75, 3.05) is 20.8 Å². The molecule has 1 aliphatic heterocycles. The van der Waals surface area contributed by atoms with Crippen LogP contribution in [-0.2, 0) is 20.8 Å². The molecule has 0 amide bonds. The third-order valence-electron chi connectivity index (χ3n) is 4.62. The molecule has 5 nitrogen and oxygen atoms in total. The zero-order valence-electron chi connectivity index (χ0n) is 14.2. The Kier molecular flexibility index (Phi) is 5.81. The van der Waals surface area contributed by atoms with Crippen molar-refractivity contribution in [3.8, 4) is 5.75 Å². The van der Waals surface area contributed by atoms with Crippen LogP contribution in [0.3, 0.4) is 0 Å². The fourth-order valence-electron chi connectivity index (χ4n) is 2.96. The van der Waals surface area contributed by atoms with E-state index in [9.17, 15) is 5.11 Å². The summed E-state index contributed by atoms with van der Waals surface area (Å²) in [5.41, 5.74) is 1.40. The van der Waals surface area contributed by atoms with E-state index in [1.165, 1.54) is 0 Å². The number of aliphatic hydroxyl groups is 1. The van der Waals surface area contributed by atoms with Gasteiger partial charge in [0.25, 0.3) is 0 Å². The fourth-order valence-corrected chi connectivity index (χ4v) is 2.96. The average molecular weight is 322 g/mol. The molecule has 1 N–H and O–H groups in total. The van der Waals surface area contributed by atoms with Gasteiger partial charge in [-0.25, -0.2) is 0 Å². The zero-order valence-corrected chi connectivity index (χ0v) is 14.2. The summed E-state index contributed by atoms with van der Waals surface area (Å²) in [4.78, 5) is 0. The Morgan fingerprint density at radius 1 is 1.30 bits per heavy atom. The average Bonchev–Trinajstić information content (AvgIpc) is 2.86. The Bertz CT molecular complexity index is 527. The van der Waals surface area contributed by atoms with Gasteiger partial charge in [-0.1, -0.05) is 24.3 Å². The third kappa shape index (κ3) is 3.43. The second-order valence-corrected chi connectivity index (χ2v) is 6.07. The van der Waals surface area contributed by atoms with Gasteiger partial charge >= 0.3 is 0 Å². The molecule has 1 aromatic rings. The highest BCUT2D eigenvalue weighted by Gasteiger charge is 2.55. The number of rotatable bonds is 7. The normalized spacial score (nSPS) is 30.4. The number of ether oxygens (including phenoxy) is 4. The Morgan fingerprint density at radius 2 is 1.96 bits per heavy atom. The molecule has 128 valence electrons. The minimum absolute atomic E-state index is 0.129. The van der Waals surface area contributed by atoms with E-state index in [4.69, 9.17) is 18.9 Å². The molecule has 2 rings (SSSR count). The second-order valence-electron chi connectivity index (χ2n) is 6.07. The van der Waals surface area contributed by atoms with Gasteiger partial charge < -0.3 is 24.1 Å². The van der Waals surface area contributed by atoms with Gasteiger partial charge in [-0.2, -0.15) is 0 Å². The smallest absolute Gasteiger partial charge is 0.169 e. The standard InChI is InChI=1S/C18H26O5/c1-12(2)18(3)16(15(10-19)23-17(18)21-5)22-11-13-6-8-14(20-4)9-7-13/h6-9,15-17,19H,1,10-11H2,2-5H3/t15-,16+,17+,18+/m1/s1. The molecule has 1 saturated heterocycles. The van der Waals surface area contributed by atoms with Crippen LogP contribution in [0.25, 0.3) is 0 Å². The van der Waals surface area contributed by atoms with Crippen molar-refractivity contribution in [2.24, 2.45) is 5.41 Å². The number of hydrogen-bond acceptors (Lipinski definition) is 5. The molecule has 0 aliphatic carbocycles. The predicted molar refractivity (Wildman–Crippen MR) is 87.2 cm³/mol. The van der Waals surface area contributed by atoms with E-state index < -0.39 is 17.8 Å². The fraction of sp³-hybridized carbons (Fsp3) is 0.556. The van der Waals surface area contributed by atoms with Crippen molar-refractivity contribution in [3.05, 3.63) is 42.0 Å². The quantitative estimate of drug-likeness (QED) is 0.782. The molecular formula is C18H26O5. The third-order valence-corrected chi connectivity index (χ3v) is 4.62. The molecular weight excluding hydrogens is 296 g/mol. The van der Waals surface area contributed by atoms with Crippen molar-refractivity contribution in [1.29, 1.82) is 0 Å². The maximum atomic E-state index is 9.62. The van der Waals surface area contributed by atoms with Crippen molar-refractivity contribution in [1.82, 2.24) is 0 Å². The second kappa shape index (κ2) is 7.45. The number of hydrogen-bond donors (Lipinski definition) is 1. The van der Waals surface area contributed by atoms with Crippen LogP contribution in [0.5, 0.6) is 5.75 Å². The molecule has 5 heteroatoms. The Labute approximate surface area is 137 Å². The van der Waals surface area contributed by atoms with Crippen LogP contribution < -0.4 is 4.74 Å². The highest BCUT2D eigenvalue weighted by molar-refractivity contribution is 5.26. The van der Waals surface area contributed by atoms with Gasteiger partial charge in [-0.05, 0) is 31.5 Å². The topological polar surface area (TPSA) is 57.2 Å². The summed E-state index contributed by atoms with van der Waals surface area (Å²) in [5.74, 6) is 0.803. The van der Waals surface area contributed by atoms with E-state index in [0.29, 0.717) is 6.61 Å². The Morgan fingerprint density at radius 3 is 2.43 bits per heavy atom. The lowest BCUT2D eigenvalue weighted by atomic mass is 9.77. The van der Waals surface area contributed by atoms with E-state index in [2.05, 4.69) is 6.58 Å². The van der Waals surface area contributed by atoms with Gasteiger partial charge in [0.1, 0.15) is 18.0 Å². The molecule has 23 heavy (non-hydrogen) atoms. The summed E-state index contributed by atoms with van der Waals surface area (Å²) in [6.45, 7) is 8.27. The number of benzene rings is 1. The molecule has 0 radical (unpaired) electrons. The lowest BCUT2D eigenvalue weighted by Gasteiger charge is -2.35. The first-order valence-electron chi connectivity index (χ1n) is 7.67. The molecule has 0 aromatic heterocycles. The molecule has 1 heterocycles. The van der Waals surface area contributed by atoms with E-state index in [0.717, 1.165) is 16.9 Å². The van der Waals surface area contributed by atoms with E-state index in [1.54, 1.807) is 14.2 Å². The van der Waals surface area contributed by atoms with Crippen LogP contribution in [0, 0.1) is 5.41 Å². The molecule has 0 spiro atoms. The van der Waals surface area contributed by atoms with Crippen molar-refractivity contribution in [3.63, 3.8) is 0 Å². The first kappa shape index (κ1) is 17.9.